The van der Waals surface area contributed by atoms with E-state index >= 15 is 0 Å². The largest absolute Gasteiger partial charge is 0.481 e. The van der Waals surface area contributed by atoms with Gasteiger partial charge in [-0.1, -0.05) is 11.6 Å². The summed E-state index contributed by atoms with van der Waals surface area (Å²) < 4.78 is 0. The van der Waals surface area contributed by atoms with Crippen LogP contribution in [-0.2, 0) is 4.79 Å². The number of aromatic nitrogens is 1. The van der Waals surface area contributed by atoms with Gasteiger partial charge in [0, 0.05) is 17.6 Å². The normalized spacial score (nSPS) is 12.3. The van der Waals surface area contributed by atoms with Crippen LogP contribution >= 0.6 is 11.6 Å². The van der Waals surface area contributed by atoms with Crippen LogP contribution in [0.4, 0.5) is 5.69 Å². The molecule has 5 heteroatoms. The van der Waals surface area contributed by atoms with Crippen molar-refractivity contribution >= 4 is 34.2 Å². The third-order valence-electron chi connectivity index (χ3n) is 2.60. The van der Waals surface area contributed by atoms with E-state index in [1.807, 2.05) is 25.1 Å². The van der Waals surface area contributed by atoms with Crippen LogP contribution in [0.1, 0.15) is 13.3 Å². The predicted octanol–water partition coefficient (Wildman–Crippen LogP) is 3.16. The fourth-order valence-corrected chi connectivity index (χ4v) is 2.05. The van der Waals surface area contributed by atoms with Crippen molar-refractivity contribution in [2.75, 3.05) is 5.32 Å². The van der Waals surface area contributed by atoms with Crippen LogP contribution in [0.3, 0.4) is 0 Å². The number of pyridine rings is 1. The molecule has 2 rings (SSSR count). The Morgan fingerprint density at radius 1 is 1.50 bits per heavy atom. The molecule has 0 aliphatic rings. The molecule has 0 saturated carbocycles. The molecule has 0 saturated heterocycles. The maximum atomic E-state index is 10.6. The van der Waals surface area contributed by atoms with Gasteiger partial charge in [-0.05, 0) is 31.2 Å². The topological polar surface area (TPSA) is 62.2 Å². The van der Waals surface area contributed by atoms with Gasteiger partial charge in [-0.25, -0.2) is 0 Å². The molecule has 18 heavy (non-hydrogen) atoms. The van der Waals surface area contributed by atoms with Crippen LogP contribution in [0.2, 0.25) is 5.02 Å². The summed E-state index contributed by atoms with van der Waals surface area (Å²) in [5, 5.41) is 13.4. The van der Waals surface area contributed by atoms with E-state index in [2.05, 4.69) is 10.3 Å². The van der Waals surface area contributed by atoms with Crippen molar-refractivity contribution in [1.29, 1.82) is 0 Å². The lowest BCUT2D eigenvalue weighted by molar-refractivity contribution is -0.137. The smallest absolute Gasteiger partial charge is 0.305 e. The zero-order valence-corrected chi connectivity index (χ0v) is 10.6. The molecule has 0 radical (unpaired) electrons. The van der Waals surface area contributed by atoms with E-state index in [0.29, 0.717) is 5.02 Å². The minimum absolute atomic E-state index is 0.0525. The van der Waals surface area contributed by atoms with Gasteiger partial charge in [0.15, 0.2) is 0 Å². The zero-order valence-electron chi connectivity index (χ0n) is 9.85. The summed E-state index contributed by atoms with van der Waals surface area (Å²) >= 11 is 6.09. The fourth-order valence-electron chi connectivity index (χ4n) is 1.83. The number of fused-ring (bicyclic) bond motifs is 1. The van der Waals surface area contributed by atoms with Crippen LogP contribution in [-0.4, -0.2) is 22.1 Å². The third-order valence-corrected chi connectivity index (χ3v) is 2.93. The molecule has 0 spiro atoms. The molecule has 1 aromatic heterocycles. The van der Waals surface area contributed by atoms with Crippen molar-refractivity contribution in [2.24, 2.45) is 0 Å². The van der Waals surface area contributed by atoms with Crippen molar-refractivity contribution in [3.63, 3.8) is 0 Å². The maximum Gasteiger partial charge on any atom is 0.305 e. The van der Waals surface area contributed by atoms with Crippen molar-refractivity contribution < 1.29 is 9.90 Å². The lowest BCUT2D eigenvalue weighted by Gasteiger charge is -2.15. The van der Waals surface area contributed by atoms with E-state index in [9.17, 15) is 4.79 Å². The summed E-state index contributed by atoms with van der Waals surface area (Å²) in [5.41, 5.74) is 1.55. The first-order valence-corrected chi connectivity index (χ1v) is 5.97. The predicted molar refractivity (Wildman–Crippen MR) is 72.1 cm³/mol. The first kappa shape index (κ1) is 12.6. The number of halogens is 1. The molecule has 4 nitrogen and oxygen atoms in total. The highest BCUT2D eigenvalue weighted by Gasteiger charge is 2.10. The summed E-state index contributed by atoms with van der Waals surface area (Å²) in [4.78, 5) is 14.9. The van der Waals surface area contributed by atoms with Crippen LogP contribution in [0.15, 0.2) is 30.5 Å². The Morgan fingerprint density at radius 3 is 3.00 bits per heavy atom. The number of carboxylic acids is 1. The molecule has 0 aliphatic carbocycles. The number of carboxylic acid groups (broad SMARTS) is 1. The molecular formula is C13H13ClN2O2. The van der Waals surface area contributed by atoms with E-state index in [-0.39, 0.29) is 12.5 Å². The highest BCUT2D eigenvalue weighted by molar-refractivity contribution is 6.35. The highest BCUT2D eigenvalue weighted by atomic mass is 35.5. The second-order valence-electron chi connectivity index (χ2n) is 4.14. The van der Waals surface area contributed by atoms with Gasteiger partial charge in [0.25, 0.3) is 0 Å². The number of rotatable bonds is 4. The second-order valence-corrected chi connectivity index (χ2v) is 4.54. The SMILES string of the molecule is C[C@@H](CC(=O)O)Nc1ccc(Cl)c2cccnc12. The molecule has 94 valence electrons. The summed E-state index contributed by atoms with van der Waals surface area (Å²) in [6, 6.07) is 7.13. The molecule has 0 bridgehead atoms. The Hall–Kier alpha value is -1.81. The van der Waals surface area contributed by atoms with Gasteiger partial charge in [0.1, 0.15) is 0 Å². The van der Waals surface area contributed by atoms with Crippen LogP contribution in [0.5, 0.6) is 0 Å². The Kier molecular flexibility index (Phi) is 3.67. The van der Waals surface area contributed by atoms with Gasteiger partial charge in [-0.3, -0.25) is 9.78 Å². The van der Waals surface area contributed by atoms with Gasteiger partial charge in [0.05, 0.1) is 22.6 Å². The standard InChI is InChI=1S/C13H13ClN2O2/c1-8(7-12(17)18)16-11-5-4-10(14)9-3-2-6-15-13(9)11/h2-6,8,16H,7H2,1H3,(H,17,18)/t8-/m0/s1. The van der Waals surface area contributed by atoms with Crippen LogP contribution in [0.25, 0.3) is 10.9 Å². The summed E-state index contributed by atoms with van der Waals surface area (Å²) in [6.45, 7) is 1.82. The molecule has 1 aromatic carbocycles. The minimum atomic E-state index is -0.832. The Labute approximate surface area is 110 Å². The molecular weight excluding hydrogens is 252 g/mol. The third kappa shape index (κ3) is 2.71. The van der Waals surface area contributed by atoms with Crippen molar-refractivity contribution in [2.45, 2.75) is 19.4 Å². The number of nitrogens with zero attached hydrogens (tertiary/aromatic N) is 1. The highest BCUT2D eigenvalue weighted by Crippen LogP contribution is 2.28. The Bertz CT molecular complexity index is 586. The van der Waals surface area contributed by atoms with Crippen molar-refractivity contribution in [1.82, 2.24) is 4.98 Å². The zero-order chi connectivity index (χ0) is 13.1. The Balaban J connectivity index is 2.34. The average Bonchev–Trinajstić information content (AvgIpc) is 2.32. The van der Waals surface area contributed by atoms with Gasteiger partial charge in [-0.15, -0.1) is 0 Å². The van der Waals surface area contributed by atoms with Crippen LogP contribution in [0, 0.1) is 0 Å². The number of aliphatic carboxylic acids is 1. The van der Waals surface area contributed by atoms with E-state index in [0.717, 1.165) is 16.6 Å². The summed E-state index contributed by atoms with van der Waals surface area (Å²) in [6.07, 6.45) is 1.74. The maximum absolute atomic E-state index is 10.6. The number of carbonyl (C=O) groups is 1. The van der Waals surface area contributed by atoms with Gasteiger partial charge in [-0.2, -0.15) is 0 Å². The number of hydrogen-bond acceptors (Lipinski definition) is 3. The number of nitrogens with one attached hydrogen (secondary N) is 1. The molecule has 2 aromatic rings. The van der Waals surface area contributed by atoms with Gasteiger partial charge < -0.3 is 10.4 Å². The quantitative estimate of drug-likeness (QED) is 0.890. The van der Waals surface area contributed by atoms with E-state index in [4.69, 9.17) is 16.7 Å². The average molecular weight is 265 g/mol. The van der Waals surface area contributed by atoms with Crippen LogP contribution < -0.4 is 5.32 Å². The molecule has 0 fully saturated rings. The molecule has 1 atom stereocenters. The molecule has 1 heterocycles. The minimum Gasteiger partial charge on any atom is -0.481 e. The van der Waals surface area contributed by atoms with Crippen molar-refractivity contribution in [3.8, 4) is 0 Å². The van der Waals surface area contributed by atoms with E-state index in [1.165, 1.54) is 0 Å². The molecule has 0 aliphatic heterocycles. The first-order chi connectivity index (χ1) is 8.58. The van der Waals surface area contributed by atoms with Gasteiger partial charge in [0.2, 0.25) is 0 Å². The molecule has 0 unspecified atom stereocenters. The fraction of sp³-hybridized carbons (Fsp3) is 0.231. The molecule has 2 N–H and O–H groups in total. The van der Waals surface area contributed by atoms with E-state index < -0.39 is 5.97 Å². The monoisotopic (exact) mass is 264 g/mol. The van der Waals surface area contributed by atoms with Crippen molar-refractivity contribution in [3.05, 3.63) is 35.5 Å². The summed E-state index contributed by atoms with van der Waals surface area (Å²) in [7, 11) is 0. The lowest BCUT2D eigenvalue weighted by Crippen LogP contribution is -2.19. The number of anilines is 1. The Morgan fingerprint density at radius 2 is 2.28 bits per heavy atom. The molecule has 0 amide bonds. The van der Waals surface area contributed by atoms with E-state index in [1.54, 1.807) is 12.3 Å². The van der Waals surface area contributed by atoms with Gasteiger partial charge >= 0.3 is 5.97 Å². The second kappa shape index (κ2) is 5.23. The number of benzene rings is 1. The lowest BCUT2D eigenvalue weighted by atomic mass is 10.1. The summed E-state index contributed by atoms with van der Waals surface area (Å²) in [5.74, 6) is -0.832. The first-order valence-electron chi connectivity index (χ1n) is 5.59. The number of hydrogen-bond donors (Lipinski definition) is 2.